The fraction of sp³-hybridized carbons (Fsp3) is 0.265. The third-order valence-electron chi connectivity index (χ3n) is 13.1. The first-order valence-corrected chi connectivity index (χ1v) is 22.8. The van der Waals surface area contributed by atoms with Crippen LogP contribution >= 0.6 is 0 Å². The van der Waals surface area contributed by atoms with Gasteiger partial charge in [0, 0.05) is 47.8 Å². The lowest BCUT2D eigenvalue weighted by Crippen LogP contribution is -2.41. The van der Waals surface area contributed by atoms with E-state index in [1.807, 2.05) is 88.0 Å². The second-order valence-corrected chi connectivity index (χ2v) is 17.8. The van der Waals surface area contributed by atoms with Crippen LogP contribution < -0.4 is 15.7 Å². The Morgan fingerprint density at radius 1 is 0.754 bits per heavy atom. The molecule has 20 nitrogen and oxygen atoms in total. The van der Waals surface area contributed by atoms with Gasteiger partial charge in [-0.3, -0.25) is 18.7 Å². The van der Waals surface area contributed by atoms with Crippen LogP contribution in [0.1, 0.15) is 74.5 Å². The van der Waals surface area contributed by atoms with Gasteiger partial charge in [0.2, 0.25) is 6.33 Å². The van der Waals surface area contributed by atoms with Crippen molar-refractivity contribution in [3.8, 4) is 46.0 Å². The van der Waals surface area contributed by atoms with E-state index in [-0.39, 0.29) is 41.8 Å². The number of pyridine rings is 2. The van der Waals surface area contributed by atoms with Crippen molar-refractivity contribution in [2.75, 3.05) is 20.3 Å². The lowest BCUT2D eigenvalue weighted by molar-refractivity contribution is -0.711. The maximum absolute atomic E-state index is 14.1. The molecule has 344 valence electrons. The van der Waals surface area contributed by atoms with Crippen LogP contribution in [0.2, 0.25) is 0 Å². The van der Waals surface area contributed by atoms with E-state index in [2.05, 4.69) is 36.6 Å². The van der Waals surface area contributed by atoms with Crippen LogP contribution in [-0.2, 0) is 4.74 Å². The number of rotatable bonds is 14. The summed E-state index contributed by atoms with van der Waals surface area (Å²) in [6.07, 6.45) is 17.3. The van der Waals surface area contributed by atoms with Crippen molar-refractivity contribution in [2.45, 2.75) is 63.1 Å². The zero-order valence-electron chi connectivity index (χ0n) is 37.8. The van der Waals surface area contributed by atoms with Gasteiger partial charge in [0.25, 0.3) is 11.1 Å². The van der Waals surface area contributed by atoms with Crippen LogP contribution in [0.3, 0.4) is 0 Å². The van der Waals surface area contributed by atoms with Crippen molar-refractivity contribution in [3.63, 3.8) is 0 Å². The minimum atomic E-state index is -0.284. The molecule has 2 aromatic carbocycles. The molecule has 20 heteroatoms. The Hall–Kier alpha value is -8.36. The molecule has 8 heterocycles. The third-order valence-corrected chi connectivity index (χ3v) is 13.1. The fourth-order valence-electron chi connectivity index (χ4n) is 8.96. The van der Waals surface area contributed by atoms with Crippen LogP contribution in [0, 0.1) is 0 Å². The molecule has 0 amide bonds. The molecular formula is C49H45N16O4+. The number of fused-ring (bicyclic) bond motifs is 2. The Morgan fingerprint density at radius 3 is 2.01 bits per heavy atom. The summed E-state index contributed by atoms with van der Waals surface area (Å²) in [5.74, 6) is 2.51. The van der Waals surface area contributed by atoms with E-state index in [9.17, 15) is 14.7 Å². The molecule has 69 heavy (non-hydrogen) atoms. The van der Waals surface area contributed by atoms with Crippen LogP contribution in [0.25, 0.3) is 67.9 Å². The molecule has 2 aliphatic carbocycles. The highest BCUT2D eigenvalue weighted by atomic mass is 16.5. The topological polar surface area (TPSA) is 213 Å². The minimum absolute atomic E-state index is 0.0283. The van der Waals surface area contributed by atoms with Crippen LogP contribution in [-0.4, -0.2) is 98.1 Å². The number of aliphatic hydroxyl groups excluding tert-OH is 1. The zero-order valence-corrected chi connectivity index (χ0v) is 37.8. The van der Waals surface area contributed by atoms with Crippen LogP contribution in [0.5, 0.6) is 0 Å². The predicted octanol–water partition coefficient (Wildman–Crippen LogP) is 5.02. The summed E-state index contributed by atoms with van der Waals surface area (Å²) in [5.41, 5.74) is 5.28. The standard InChI is InChI=1S/C49H45N16O4/c1-29(21-66)61-27-54-57-46(61)39-6-4-8-44(55-39)62-25-52-38-15-13-33(17-36(38)48(62)67)60-20-42(51-24-60)34-18-43(34)65-28-64(30(2)22-69-3)47(58-65)40-7-5-9-45(56-40)63-26-53-37-14-12-32(16-35(37)49(63)68)59-19-41(50-23-59)31-10-11-31/h4-9,12-17,19-20,23-31,34,43,66H,10-11,18,21-22H2,1-3H3/q+1. The lowest BCUT2D eigenvalue weighted by Gasteiger charge is -2.13. The summed E-state index contributed by atoms with van der Waals surface area (Å²) in [6.45, 7) is 4.27. The number of ether oxygens (including phenoxy) is 1. The van der Waals surface area contributed by atoms with Gasteiger partial charge in [0.1, 0.15) is 54.1 Å². The van der Waals surface area contributed by atoms with Gasteiger partial charge in [-0.25, -0.2) is 34.5 Å². The van der Waals surface area contributed by atoms with E-state index in [1.165, 1.54) is 21.8 Å². The van der Waals surface area contributed by atoms with E-state index in [4.69, 9.17) is 24.8 Å². The molecule has 0 radical (unpaired) electrons. The van der Waals surface area contributed by atoms with Crippen molar-refractivity contribution in [3.05, 3.63) is 155 Å². The first-order chi connectivity index (χ1) is 33.7. The van der Waals surface area contributed by atoms with Crippen molar-refractivity contribution < 1.29 is 14.4 Å². The van der Waals surface area contributed by atoms with Crippen molar-refractivity contribution in [2.24, 2.45) is 0 Å². The van der Waals surface area contributed by atoms with E-state index in [1.54, 1.807) is 54.9 Å². The number of hydrogen-bond acceptors (Lipinski definition) is 13. The molecule has 2 aliphatic rings. The highest BCUT2D eigenvalue weighted by molar-refractivity contribution is 5.81. The van der Waals surface area contributed by atoms with Crippen molar-refractivity contribution >= 4 is 21.8 Å². The Kier molecular flexibility index (Phi) is 10.2. The van der Waals surface area contributed by atoms with Crippen LogP contribution in [0.4, 0.5) is 0 Å². The number of aliphatic hydroxyl groups is 1. The summed E-state index contributed by atoms with van der Waals surface area (Å²) >= 11 is 0. The predicted molar refractivity (Wildman–Crippen MR) is 252 cm³/mol. The second-order valence-electron chi connectivity index (χ2n) is 17.8. The Bertz CT molecular complexity index is 3710. The monoisotopic (exact) mass is 921 g/mol. The van der Waals surface area contributed by atoms with Gasteiger partial charge in [-0.05, 0) is 93.8 Å². The number of hydrogen-bond donors (Lipinski definition) is 1. The average molecular weight is 922 g/mol. The first kappa shape index (κ1) is 42.0. The third kappa shape index (κ3) is 7.58. The number of methoxy groups -OCH3 is 1. The molecule has 1 N–H and O–H groups in total. The first-order valence-electron chi connectivity index (χ1n) is 22.8. The summed E-state index contributed by atoms with van der Waals surface area (Å²) in [4.78, 5) is 56.5. The van der Waals surface area contributed by atoms with Gasteiger partial charge in [0.15, 0.2) is 5.82 Å². The molecule has 2 saturated carbocycles. The van der Waals surface area contributed by atoms with E-state index < -0.39 is 0 Å². The van der Waals surface area contributed by atoms with Crippen molar-refractivity contribution in [1.29, 1.82) is 0 Å². The number of aromatic nitrogens is 16. The lowest BCUT2D eigenvalue weighted by atomic mass is 10.2. The molecule has 4 atom stereocenters. The number of imidazole rings is 2. The molecule has 10 aromatic rings. The zero-order chi connectivity index (χ0) is 46.9. The number of benzene rings is 2. The summed E-state index contributed by atoms with van der Waals surface area (Å²) in [6, 6.07) is 21.8. The Labute approximate surface area is 392 Å². The maximum atomic E-state index is 14.1. The van der Waals surface area contributed by atoms with Crippen molar-refractivity contribution in [1.82, 2.24) is 72.7 Å². The minimum Gasteiger partial charge on any atom is -0.394 e. The normalized spacial score (nSPS) is 16.6. The quantitative estimate of drug-likeness (QED) is 0.142. The molecule has 0 bridgehead atoms. The molecule has 12 rings (SSSR count). The highest BCUT2D eigenvalue weighted by Gasteiger charge is 2.47. The van der Waals surface area contributed by atoms with E-state index >= 15 is 0 Å². The van der Waals surface area contributed by atoms with Gasteiger partial charge >= 0.3 is 5.82 Å². The summed E-state index contributed by atoms with van der Waals surface area (Å²) < 4.78 is 18.1. The molecule has 0 spiro atoms. The average Bonchev–Trinajstić information content (AvgIpc) is 4.05. The highest BCUT2D eigenvalue weighted by Crippen LogP contribution is 2.50. The molecule has 2 fully saturated rings. The molecule has 4 unspecified atom stereocenters. The van der Waals surface area contributed by atoms with Gasteiger partial charge in [-0.2, -0.15) is 0 Å². The Balaban J connectivity index is 0.810. The summed E-state index contributed by atoms with van der Waals surface area (Å²) in [7, 11) is 1.67. The largest absolute Gasteiger partial charge is 0.394 e. The molecule has 0 aliphatic heterocycles. The molecule has 0 saturated heterocycles. The van der Waals surface area contributed by atoms with Gasteiger partial charge in [0.05, 0.1) is 65.1 Å². The maximum Gasteiger partial charge on any atom is 0.327 e. The van der Waals surface area contributed by atoms with Gasteiger partial charge in [-0.15, -0.1) is 14.9 Å². The molecular weight excluding hydrogens is 877 g/mol. The van der Waals surface area contributed by atoms with E-state index in [0.29, 0.717) is 69.0 Å². The fourth-order valence-corrected chi connectivity index (χ4v) is 8.96. The van der Waals surface area contributed by atoms with E-state index in [0.717, 1.165) is 42.0 Å². The Morgan fingerprint density at radius 2 is 1.38 bits per heavy atom. The summed E-state index contributed by atoms with van der Waals surface area (Å²) in [5, 5.41) is 24.0. The van der Waals surface area contributed by atoms with Crippen LogP contribution in [0.15, 0.2) is 133 Å². The van der Waals surface area contributed by atoms with Gasteiger partial charge < -0.3 is 23.5 Å². The molecule has 8 aromatic heterocycles. The SMILES string of the molecule is COCC(C)[n+]1cn(C2CC2c2cn(-c3ccc4ncn(-c5cccc(-c6nncn6C(C)CO)n5)c(=O)c4c3)cn2)nc1-c1cccc(-n2cnc3ccc(-n4cnc(C5CC5)c4)cc3c2=O)n1. The van der Waals surface area contributed by atoms with Gasteiger partial charge in [-0.1, -0.05) is 12.1 Å². The smallest absolute Gasteiger partial charge is 0.327 e. The number of nitrogens with zero attached hydrogens (tertiary/aromatic N) is 16. The second kappa shape index (κ2) is 16.8.